The third-order valence-corrected chi connectivity index (χ3v) is 7.71. The van der Waals surface area contributed by atoms with Crippen molar-refractivity contribution in [1.82, 2.24) is 13.9 Å². The Morgan fingerprint density at radius 1 is 1.09 bits per heavy atom. The Balaban J connectivity index is 1.83. The molecule has 5 rings (SSSR count). The average Bonchev–Trinajstić information content (AvgIpc) is 2.98. The number of hydrogen-bond acceptors (Lipinski definition) is 5. The van der Waals surface area contributed by atoms with Gasteiger partial charge in [-0.25, -0.2) is 23.5 Å². The maximum Gasteiger partial charge on any atom is 0.347 e. The molecule has 1 fully saturated rings. The number of rotatable bonds is 1. The van der Waals surface area contributed by atoms with Crippen molar-refractivity contribution in [3.8, 4) is 5.75 Å². The standard InChI is InChI=1S/C24H25N3O5/c1-12-6-5-7-15(20(12)29)19-14-8-9-26-22(31)25(4)23(32)27(26)17(14)11-16-21(30)13(2)10-18(28)24(16,19)3/h5-8,10,16-17,19,29H,9,11H2,1-4H3/t16-,17+,19+,24-/m0/s1. The van der Waals surface area contributed by atoms with Gasteiger partial charge in [0.25, 0.3) is 0 Å². The summed E-state index contributed by atoms with van der Waals surface area (Å²) in [6.07, 6.45) is 3.53. The highest BCUT2D eigenvalue weighted by Crippen LogP contribution is 2.60. The average molecular weight is 435 g/mol. The van der Waals surface area contributed by atoms with E-state index in [1.54, 1.807) is 32.9 Å². The zero-order valence-electron chi connectivity index (χ0n) is 18.5. The molecule has 0 bridgehead atoms. The van der Waals surface area contributed by atoms with Crippen LogP contribution in [0, 0.1) is 18.3 Å². The molecule has 1 aromatic carbocycles. The lowest BCUT2D eigenvalue weighted by atomic mass is 9.51. The summed E-state index contributed by atoms with van der Waals surface area (Å²) in [7, 11) is 1.43. The molecule has 8 heteroatoms. The number of Topliss-reactive ketones (excluding diaryl/α,β-unsaturated/α-hetero) is 1. The smallest absolute Gasteiger partial charge is 0.347 e. The van der Waals surface area contributed by atoms with Crippen LogP contribution in [-0.2, 0) is 23.2 Å². The lowest BCUT2D eigenvalue weighted by Crippen LogP contribution is -2.54. The summed E-state index contributed by atoms with van der Waals surface area (Å²) in [5.74, 6) is -1.50. The normalized spacial score (nSPS) is 29.1. The van der Waals surface area contributed by atoms with Crippen molar-refractivity contribution < 1.29 is 14.7 Å². The van der Waals surface area contributed by atoms with Crippen LogP contribution in [0.4, 0.5) is 0 Å². The topological polar surface area (TPSA) is 103 Å². The number of aromatic nitrogens is 3. The third kappa shape index (κ3) is 2.37. The highest BCUT2D eigenvalue weighted by molar-refractivity contribution is 6.13. The van der Waals surface area contributed by atoms with Crippen LogP contribution in [0.2, 0.25) is 0 Å². The first-order valence-corrected chi connectivity index (χ1v) is 10.7. The van der Waals surface area contributed by atoms with E-state index >= 15 is 0 Å². The first-order valence-electron chi connectivity index (χ1n) is 10.7. The van der Waals surface area contributed by atoms with Crippen LogP contribution in [-0.4, -0.2) is 30.6 Å². The Kier molecular flexibility index (Phi) is 4.19. The fraction of sp³-hybridized carbons (Fsp3) is 0.417. The molecule has 0 saturated heterocycles. The summed E-state index contributed by atoms with van der Waals surface area (Å²) in [5, 5.41) is 11.0. The van der Waals surface area contributed by atoms with E-state index in [9.17, 15) is 24.3 Å². The highest BCUT2D eigenvalue weighted by atomic mass is 16.3. The maximum atomic E-state index is 13.5. The summed E-state index contributed by atoms with van der Waals surface area (Å²) in [5.41, 5.74) is 0.417. The molecule has 3 aliphatic rings. The van der Waals surface area contributed by atoms with Crippen LogP contribution in [0.15, 0.2) is 51.1 Å². The summed E-state index contributed by atoms with van der Waals surface area (Å²) < 4.78 is 3.86. The number of fused-ring (bicyclic) bond motifs is 4. The largest absolute Gasteiger partial charge is 0.507 e. The van der Waals surface area contributed by atoms with Gasteiger partial charge in [-0.3, -0.25) is 9.59 Å². The molecular weight excluding hydrogens is 410 g/mol. The number of aryl methyl sites for hydroxylation is 1. The third-order valence-electron chi connectivity index (χ3n) is 7.71. The molecule has 0 amide bonds. The Morgan fingerprint density at radius 2 is 1.81 bits per heavy atom. The Hall–Kier alpha value is -3.42. The van der Waals surface area contributed by atoms with E-state index in [1.807, 2.05) is 12.1 Å². The van der Waals surface area contributed by atoms with Crippen LogP contribution < -0.4 is 11.4 Å². The fourth-order valence-corrected chi connectivity index (χ4v) is 5.91. The van der Waals surface area contributed by atoms with E-state index in [1.165, 1.54) is 22.5 Å². The van der Waals surface area contributed by atoms with E-state index in [-0.39, 0.29) is 30.3 Å². The van der Waals surface area contributed by atoms with E-state index in [2.05, 4.69) is 0 Å². The number of nitrogens with zero attached hydrogens (tertiary/aromatic N) is 3. The molecular formula is C24H25N3O5. The summed E-state index contributed by atoms with van der Waals surface area (Å²) in [6, 6.07) is 4.81. The number of carbonyl (C=O) groups excluding carboxylic acids is 2. The van der Waals surface area contributed by atoms with Gasteiger partial charge in [-0.15, -0.1) is 0 Å². The van der Waals surface area contributed by atoms with E-state index in [0.717, 1.165) is 10.1 Å². The number of benzene rings is 1. The van der Waals surface area contributed by atoms with Crippen molar-refractivity contribution in [3.05, 3.63) is 73.6 Å². The van der Waals surface area contributed by atoms with Gasteiger partial charge in [0.15, 0.2) is 11.6 Å². The van der Waals surface area contributed by atoms with Gasteiger partial charge in [0.05, 0.1) is 18.0 Å². The number of hydrogen-bond donors (Lipinski definition) is 1. The van der Waals surface area contributed by atoms with Gasteiger partial charge >= 0.3 is 11.4 Å². The van der Waals surface area contributed by atoms with E-state index < -0.39 is 34.7 Å². The van der Waals surface area contributed by atoms with Crippen molar-refractivity contribution in [3.63, 3.8) is 0 Å². The first-order chi connectivity index (χ1) is 15.1. The molecule has 4 atom stereocenters. The number of phenolic OH excluding ortho intramolecular Hbond substituents is 1. The Bertz CT molecular complexity index is 1390. The van der Waals surface area contributed by atoms with Crippen LogP contribution in [0.3, 0.4) is 0 Å². The second kappa shape index (κ2) is 6.54. The van der Waals surface area contributed by atoms with Crippen LogP contribution >= 0.6 is 0 Å². The van der Waals surface area contributed by atoms with Gasteiger partial charge in [-0.2, -0.15) is 0 Å². The van der Waals surface area contributed by atoms with E-state index in [4.69, 9.17) is 0 Å². The van der Waals surface area contributed by atoms with Crippen LogP contribution in [0.5, 0.6) is 5.75 Å². The second-order valence-electron chi connectivity index (χ2n) is 9.34. The zero-order chi connectivity index (χ0) is 23.1. The van der Waals surface area contributed by atoms with Crippen molar-refractivity contribution in [2.75, 3.05) is 0 Å². The highest BCUT2D eigenvalue weighted by Gasteiger charge is 2.59. The molecule has 32 heavy (non-hydrogen) atoms. The molecule has 2 aromatic rings. The van der Waals surface area contributed by atoms with Gasteiger partial charge in [-0.1, -0.05) is 31.2 Å². The number of para-hydroxylation sites is 1. The molecule has 1 aliphatic heterocycles. The minimum Gasteiger partial charge on any atom is -0.507 e. The Morgan fingerprint density at radius 3 is 2.53 bits per heavy atom. The molecule has 0 radical (unpaired) electrons. The molecule has 1 N–H and O–H groups in total. The predicted molar refractivity (Wildman–Crippen MR) is 117 cm³/mol. The van der Waals surface area contributed by atoms with Gasteiger partial charge < -0.3 is 5.11 Å². The molecule has 2 aliphatic carbocycles. The molecule has 2 heterocycles. The van der Waals surface area contributed by atoms with Gasteiger partial charge in [-0.05, 0) is 43.1 Å². The Labute approximate surface area is 184 Å². The minimum atomic E-state index is -1.11. The van der Waals surface area contributed by atoms with Crippen molar-refractivity contribution in [2.45, 2.75) is 45.7 Å². The van der Waals surface area contributed by atoms with E-state index in [0.29, 0.717) is 16.7 Å². The number of ketones is 2. The number of allylic oxidation sites excluding steroid dienone is 4. The summed E-state index contributed by atoms with van der Waals surface area (Å²) in [6.45, 7) is 5.39. The predicted octanol–water partition coefficient (Wildman–Crippen LogP) is 1.75. The van der Waals surface area contributed by atoms with Crippen molar-refractivity contribution in [1.29, 1.82) is 0 Å². The number of phenols is 1. The SMILES string of the molecule is CC1=CC(=O)[C@@]2(C)[C@@H](c3cccc(C)c3O)C3=CCn4c(=O)n(C)c(=O)n4[C@@H]3C[C@H]2C1=O. The molecule has 8 nitrogen and oxygen atoms in total. The molecule has 1 aromatic heterocycles. The summed E-state index contributed by atoms with van der Waals surface area (Å²) >= 11 is 0. The zero-order valence-corrected chi connectivity index (χ0v) is 18.5. The van der Waals surface area contributed by atoms with Crippen LogP contribution in [0.25, 0.3) is 0 Å². The minimum absolute atomic E-state index is 0.0777. The lowest BCUT2D eigenvalue weighted by Gasteiger charge is -2.52. The van der Waals surface area contributed by atoms with Crippen LogP contribution in [0.1, 0.15) is 43.4 Å². The summed E-state index contributed by atoms with van der Waals surface area (Å²) in [4.78, 5) is 52.3. The second-order valence-corrected chi connectivity index (χ2v) is 9.34. The monoisotopic (exact) mass is 435 g/mol. The first kappa shape index (κ1) is 20.5. The fourth-order valence-electron chi connectivity index (χ4n) is 5.91. The number of aromatic hydroxyl groups is 1. The van der Waals surface area contributed by atoms with Gasteiger partial charge in [0.1, 0.15) is 5.75 Å². The number of carbonyl (C=O) groups is 2. The lowest BCUT2D eigenvalue weighted by molar-refractivity contribution is -0.139. The van der Waals surface area contributed by atoms with Crippen molar-refractivity contribution in [2.24, 2.45) is 18.4 Å². The van der Waals surface area contributed by atoms with Crippen molar-refractivity contribution >= 4 is 11.6 Å². The quantitative estimate of drug-likeness (QED) is 0.688. The molecule has 0 unspecified atom stereocenters. The maximum absolute atomic E-state index is 13.5. The molecule has 166 valence electrons. The van der Waals surface area contributed by atoms with Gasteiger partial charge in [0.2, 0.25) is 0 Å². The molecule has 0 spiro atoms. The van der Waals surface area contributed by atoms with Gasteiger partial charge in [0, 0.05) is 24.4 Å². The molecule has 1 saturated carbocycles.